The van der Waals surface area contributed by atoms with Crippen LogP contribution in [0.3, 0.4) is 0 Å². The van der Waals surface area contributed by atoms with Crippen LogP contribution in [0.25, 0.3) is 4.85 Å². The zero-order valence-corrected chi connectivity index (χ0v) is 7.71. The number of benzene rings is 1. The fraction of sp³-hybridized carbons (Fsp3) is 0. The fourth-order valence-corrected chi connectivity index (χ4v) is 1.31. The summed E-state index contributed by atoms with van der Waals surface area (Å²) in [4.78, 5) is 24.4. The van der Waals surface area contributed by atoms with Gasteiger partial charge in [0.1, 0.15) is 5.97 Å². The lowest BCUT2D eigenvalue weighted by molar-refractivity contribution is -0.298. The van der Waals surface area contributed by atoms with Crippen LogP contribution in [-0.2, 0) is 9.59 Å². The molecule has 0 aliphatic heterocycles. The molecule has 1 aromatic rings. The highest BCUT2D eigenvalue weighted by molar-refractivity contribution is 8.15. The zero-order valence-electron chi connectivity index (χ0n) is 6.89. The van der Waals surface area contributed by atoms with Gasteiger partial charge in [0.05, 0.1) is 6.57 Å². The van der Waals surface area contributed by atoms with E-state index in [1.807, 2.05) is 0 Å². The molecule has 14 heavy (non-hydrogen) atoms. The summed E-state index contributed by atoms with van der Waals surface area (Å²) in [7, 11) is 0. The monoisotopic (exact) mass is 206 g/mol. The molecule has 0 saturated heterocycles. The normalized spacial score (nSPS) is 9.07. The Labute approximate surface area is 84.4 Å². The molecule has 0 unspecified atom stereocenters. The van der Waals surface area contributed by atoms with Gasteiger partial charge in [-0.1, -0.05) is 24.3 Å². The first kappa shape index (κ1) is 10.3. The van der Waals surface area contributed by atoms with Crippen molar-refractivity contribution >= 4 is 28.5 Å². The zero-order chi connectivity index (χ0) is 10.6. The highest BCUT2D eigenvalue weighted by Crippen LogP contribution is 2.21. The molecular weight excluding hydrogens is 202 g/mol. The second-order valence-electron chi connectivity index (χ2n) is 2.28. The highest BCUT2D eigenvalue weighted by atomic mass is 32.2. The van der Waals surface area contributed by atoms with Crippen molar-refractivity contribution in [1.82, 2.24) is 0 Å². The minimum absolute atomic E-state index is 0.440. The predicted molar refractivity (Wildman–Crippen MR) is 48.6 cm³/mol. The van der Waals surface area contributed by atoms with E-state index in [9.17, 15) is 14.7 Å². The number of nitrogens with zero attached hydrogens (tertiary/aromatic N) is 1. The van der Waals surface area contributed by atoms with Gasteiger partial charge in [0, 0.05) is 4.90 Å². The predicted octanol–water partition coefficient (Wildman–Crippen LogP) is 0.606. The van der Waals surface area contributed by atoms with E-state index in [0.717, 1.165) is 0 Å². The maximum absolute atomic E-state index is 10.7. The molecule has 0 saturated carbocycles. The molecular formula is C9H4NO3S-. The Hall–Kier alpha value is -1.80. The molecule has 0 aromatic heterocycles. The van der Waals surface area contributed by atoms with Crippen molar-refractivity contribution in [2.75, 3.05) is 0 Å². The molecule has 1 aromatic carbocycles. The van der Waals surface area contributed by atoms with Crippen molar-refractivity contribution in [3.8, 4) is 0 Å². The molecule has 0 amide bonds. The number of thioether (sulfide) groups is 1. The molecule has 0 heterocycles. The first-order chi connectivity index (χ1) is 6.63. The third kappa shape index (κ3) is 2.61. The third-order valence-electron chi connectivity index (χ3n) is 1.34. The second kappa shape index (κ2) is 4.44. The third-order valence-corrected chi connectivity index (χ3v) is 2.20. The number of hydrogen-bond donors (Lipinski definition) is 0. The summed E-state index contributed by atoms with van der Waals surface area (Å²) in [6.45, 7) is 6.67. The van der Waals surface area contributed by atoms with Crippen LogP contribution in [0, 0.1) is 6.57 Å². The van der Waals surface area contributed by atoms with Gasteiger partial charge in [-0.25, -0.2) is 4.85 Å². The second-order valence-corrected chi connectivity index (χ2v) is 3.33. The Morgan fingerprint density at radius 1 is 1.29 bits per heavy atom. The summed E-state index contributed by atoms with van der Waals surface area (Å²) in [5.74, 6) is -1.72. The van der Waals surface area contributed by atoms with Crippen LogP contribution < -0.4 is 5.11 Å². The van der Waals surface area contributed by atoms with Gasteiger partial charge in [-0.15, -0.1) is 0 Å². The topological polar surface area (TPSA) is 61.6 Å². The Kier molecular flexibility index (Phi) is 3.26. The number of aliphatic carboxylic acids is 1. The van der Waals surface area contributed by atoms with Crippen LogP contribution in [0.15, 0.2) is 29.2 Å². The molecule has 0 N–H and O–H groups in total. The fourth-order valence-electron chi connectivity index (χ4n) is 0.737. The number of carboxylic acid groups (broad SMARTS) is 1. The molecule has 1 rings (SSSR count). The van der Waals surface area contributed by atoms with E-state index in [2.05, 4.69) is 4.85 Å². The average molecular weight is 206 g/mol. The van der Waals surface area contributed by atoms with Gasteiger partial charge in [0.2, 0.25) is 5.12 Å². The molecule has 0 spiro atoms. The van der Waals surface area contributed by atoms with E-state index >= 15 is 0 Å². The van der Waals surface area contributed by atoms with Gasteiger partial charge in [-0.2, -0.15) is 0 Å². The van der Waals surface area contributed by atoms with Gasteiger partial charge >= 0.3 is 0 Å². The van der Waals surface area contributed by atoms with Crippen LogP contribution in [0.1, 0.15) is 0 Å². The summed E-state index contributed by atoms with van der Waals surface area (Å²) in [6.07, 6.45) is 0. The van der Waals surface area contributed by atoms with E-state index in [1.54, 1.807) is 0 Å². The van der Waals surface area contributed by atoms with Gasteiger partial charge in [-0.3, -0.25) is 4.79 Å². The molecule has 0 atom stereocenters. The van der Waals surface area contributed by atoms with Crippen LogP contribution in [0.5, 0.6) is 0 Å². The summed E-state index contributed by atoms with van der Waals surface area (Å²) in [5.41, 5.74) is 0.440. The molecule has 0 bridgehead atoms. The van der Waals surface area contributed by atoms with Crippen molar-refractivity contribution in [3.63, 3.8) is 0 Å². The largest absolute Gasteiger partial charge is 0.541 e. The highest BCUT2D eigenvalue weighted by Gasteiger charge is 2.04. The first-order valence-electron chi connectivity index (χ1n) is 3.54. The Bertz CT molecular complexity index is 405. The van der Waals surface area contributed by atoms with E-state index in [0.29, 0.717) is 22.3 Å². The van der Waals surface area contributed by atoms with E-state index in [-0.39, 0.29) is 0 Å². The van der Waals surface area contributed by atoms with Gasteiger partial charge in [0.25, 0.3) is 0 Å². The quantitative estimate of drug-likeness (QED) is 0.383. The lowest BCUT2D eigenvalue weighted by Gasteiger charge is -2.00. The molecule has 70 valence electrons. The molecule has 4 nitrogen and oxygen atoms in total. The summed E-state index contributed by atoms with van der Waals surface area (Å²) in [5, 5.41) is 9.06. The van der Waals surface area contributed by atoms with Crippen molar-refractivity contribution in [2.24, 2.45) is 0 Å². The number of rotatable bonds is 1. The minimum Gasteiger partial charge on any atom is -0.541 e. The van der Waals surface area contributed by atoms with Crippen molar-refractivity contribution in [2.45, 2.75) is 4.90 Å². The molecule has 0 fully saturated rings. The van der Waals surface area contributed by atoms with Gasteiger partial charge in [0.15, 0.2) is 5.69 Å². The Morgan fingerprint density at radius 3 is 2.29 bits per heavy atom. The van der Waals surface area contributed by atoms with E-state index in [4.69, 9.17) is 6.57 Å². The summed E-state index contributed by atoms with van der Waals surface area (Å²) in [6, 6.07) is 6.05. The van der Waals surface area contributed by atoms with Crippen molar-refractivity contribution in [1.29, 1.82) is 0 Å². The molecule has 0 aliphatic carbocycles. The number of hydrogen-bond acceptors (Lipinski definition) is 4. The van der Waals surface area contributed by atoms with E-state index < -0.39 is 11.1 Å². The van der Waals surface area contributed by atoms with Crippen LogP contribution in [-0.4, -0.2) is 11.1 Å². The number of carbonyl (C=O) groups excluding carboxylic acids is 2. The maximum atomic E-state index is 10.7. The van der Waals surface area contributed by atoms with Crippen LogP contribution >= 0.6 is 11.8 Å². The summed E-state index contributed by atoms with van der Waals surface area (Å²) < 4.78 is 0. The Balaban J connectivity index is 2.75. The number of carboxylic acids is 1. The van der Waals surface area contributed by atoms with Crippen molar-refractivity contribution < 1.29 is 14.7 Å². The Morgan fingerprint density at radius 2 is 1.86 bits per heavy atom. The maximum Gasteiger partial charge on any atom is 0.239 e. The smallest absolute Gasteiger partial charge is 0.239 e. The first-order valence-corrected chi connectivity index (χ1v) is 4.36. The molecule has 0 radical (unpaired) electrons. The van der Waals surface area contributed by atoms with Gasteiger partial charge < -0.3 is 9.90 Å². The lowest BCUT2D eigenvalue weighted by atomic mass is 10.3. The number of carbonyl (C=O) groups is 2. The summed E-state index contributed by atoms with van der Waals surface area (Å²) >= 11 is 0.567. The van der Waals surface area contributed by atoms with Gasteiger partial charge in [-0.05, 0) is 11.8 Å². The average Bonchev–Trinajstić information content (AvgIpc) is 2.19. The van der Waals surface area contributed by atoms with E-state index in [1.165, 1.54) is 24.3 Å². The minimum atomic E-state index is -1.72. The molecule has 0 aliphatic rings. The standard InChI is InChI=1S/C9H5NO3S/c1-10-6-2-4-7(5-3-6)14-9(13)8(11)12/h2-5H,(H,11,12)/p-1. The lowest BCUT2D eigenvalue weighted by Crippen LogP contribution is -2.29. The van der Waals surface area contributed by atoms with Crippen LogP contribution in [0.4, 0.5) is 5.69 Å². The van der Waals surface area contributed by atoms with Crippen LogP contribution in [0.2, 0.25) is 0 Å². The SMILES string of the molecule is [C-]#[N+]c1ccc(SC(=O)C(=O)[O-])cc1. The van der Waals surface area contributed by atoms with Crippen molar-refractivity contribution in [3.05, 3.63) is 35.7 Å². The molecule has 5 heteroatoms.